The van der Waals surface area contributed by atoms with Crippen molar-refractivity contribution in [3.8, 4) is 0 Å². The predicted molar refractivity (Wildman–Crippen MR) is 147 cm³/mol. The molecule has 0 radical (unpaired) electrons. The van der Waals surface area contributed by atoms with Gasteiger partial charge in [0.25, 0.3) is 0 Å². The van der Waals surface area contributed by atoms with Crippen LogP contribution in [0.1, 0.15) is 50.2 Å². The Kier molecular flexibility index (Phi) is 5.30. The van der Waals surface area contributed by atoms with Crippen LogP contribution in [-0.2, 0) is 0 Å². The highest BCUT2D eigenvalue weighted by atomic mass is 32.2. The van der Waals surface area contributed by atoms with E-state index in [0.29, 0.717) is 5.92 Å². The summed E-state index contributed by atoms with van der Waals surface area (Å²) in [5.41, 5.74) is 10.5. The van der Waals surface area contributed by atoms with Crippen LogP contribution >= 0.6 is 11.8 Å². The molecule has 2 heteroatoms. The summed E-state index contributed by atoms with van der Waals surface area (Å²) in [6.45, 7) is 13.2. The van der Waals surface area contributed by atoms with Gasteiger partial charge in [0.15, 0.2) is 0 Å². The summed E-state index contributed by atoms with van der Waals surface area (Å²) < 4.78 is 0. The van der Waals surface area contributed by atoms with Gasteiger partial charge in [0.1, 0.15) is 0 Å². The summed E-state index contributed by atoms with van der Waals surface area (Å²) in [6.07, 6.45) is 10.6. The Labute approximate surface area is 207 Å². The summed E-state index contributed by atoms with van der Waals surface area (Å²) >= 11 is 1.93. The van der Waals surface area contributed by atoms with Crippen LogP contribution in [-0.4, -0.2) is 4.90 Å². The molecule has 2 aliphatic carbocycles. The number of rotatable bonds is 5. The molecular weight excluding hydrogens is 430 g/mol. The molecule has 2 heterocycles. The van der Waals surface area contributed by atoms with Crippen LogP contribution in [0.4, 0.5) is 0 Å². The Hall–Kier alpha value is -2.97. The molecule has 0 saturated heterocycles. The Balaban J connectivity index is 1.47. The van der Waals surface area contributed by atoms with Gasteiger partial charge < -0.3 is 4.90 Å². The predicted octanol–water partition coefficient (Wildman–Crippen LogP) is 7.18. The molecule has 2 aliphatic heterocycles. The molecule has 0 bridgehead atoms. The summed E-state index contributed by atoms with van der Waals surface area (Å²) in [5, 5.41) is 4.20. The van der Waals surface area contributed by atoms with Gasteiger partial charge >= 0.3 is 0 Å². The quantitative estimate of drug-likeness (QED) is 0.464. The van der Waals surface area contributed by atoms with Gasteiger partial charge in [-0.25, -0.2) is 0 Å². The van der Waals surface area contributed by atoms with Gasteiger partial charge in [-0.2, -0.15) is 0 Å². The second-order valence-electron chi connectivity index (χ2n) is 10.0. The van der Waals surface area contributed by atoms with E-state index in [-0.39, 0.29) is 0 Å². The molecule has 34 heavy (non-hydrogen) atoms. The van der Waals surface area contributed by atoms with Gasteiger partial charge in [0.2, 0.25) is 0 Å². The van der Waals surface area contributed by atoms with Crippen molar-refractivity contribution in [2.75, 3.05) is 0 Å². The molecule has 0 atom stereocenters. The molecule has 170 valence electrons. The first kappa shape index (κ1) is 21.6. The molecule has 0 aromatic heterocycles. The van der Waals surface area contributed by atoms with Crippen molar-refractivity contribution in [3.63, 3.8) is 0 Å². The van der Waals surface area contributed by atoms with Crippen LogP contribution in [0.2, 0.25) is 0 Å². The Morgan fingerprint density at radius 1 is 1.12 bits per heavy atom. The number of thioether (sulfide) groups is 1. The third-order valence-electron chi connectivity index (χ3n) is 7.27. The van der Waals surface area contributed by atoms with Crippen LogP contribution in [0.5, 0.6) is 0 Å². The fourth-order valence-corrected chi connectivity index (χ4v) is 7.10. The number of hydrogen-bond donors (Lipinski definition) is 0. The van der Waals surface area contributed by atoms with Gasteiger partial charge in [-0.05, 0) is 90.7 Å². The van der Waals surface area contributed by atoms with Crippen molar-refractivity contribution in [2.24, 2.45) is 5.92 Å². The highest BCUT2D eigenvalue weighted by molar-refractivity contribution is 8.12. The number of fused-ring (bicyclic) bond motifs is 2. The SMILES string of the molecule is C=C(C)C1=C(c2cccc(C)c2)SC2=C(C3CC3)C(CC3=c4ccccc4=CCC3)=CC(=C)N21. The van der Waals surface area contributed by atoms with Gasteiger partial charge in [-0.15, -0.1) is 0 Å². The van der Waals surface area contributed by atoms with Crippen LogP contribution < -0.4 is 10.4 Å². The molecule has 0 amide bonds. The van der Waals surface area contributed by atoms with E-state index in [1.807, 2.05) is 11.8 Å². The lowest BCUT2D eigenvalue weighted by Gasteiger charge is -2.32. The molecule has 0 N–H and O–H groups in total. The summed E-state index contributed by atoms with van der Waals surface area (Å²) in [4.78, 5) is 3.71. The molecular formula is C32H31NS. The van der Waals surface area contributed by atoms with Gasteiger partial charge in [0.05, 0.1) is 10.7 Å². The van der Waals surface area contributed by atoms with E-state index < -0.39 is 0 Å². The van der Waals surface area contributed by atoms with E-state index in [0.717, 1.165) is 30.5 Å². The smallest absolute Gasteiger partial charge is 0.0886 e. The molecule has 0 spiro atoms. The van der Waals surface area contributed by atoms with Crippen LogP contribution in [0.3, 0.4) is 0 Å². The van der Waals surface area contributed by atoms with E-state index in [9.17, 15) is 0 Å². The number of hydrogen-bond acceptors (Lipinski definition) is 2. The lowest BCUT2D eigenvalue weighted by molar-refractivity contribution is 0.581. The van der Waals surface area contributed by atoms with E-state index in [2.05, 4.69) is 92.6 Å². The van der Waals surface area contributed by atoms with Crippen LogP contribution in [0, 0.1) is 12.8 Å². The van der Waals surface area contributed by atoms with E-state index >= 15 is 0 Å². The second kappa shape index (κ2) is 8.36. The highest BCUT2D eigenvalue weighted by Gasteiger charge is 2.41. The fourth-order valence-electron chi connectivity index (χ4n) is 5.59. The standard InChI is InChI=1S/C32H31NS/c1-20(2)30-31(26-13-7-9-21(3)17-26)34-32-29(24-15-16-24)27(18-22(4)33(30)32)19-25-12-8-11-23-10-5-6-14-28(23)25/h5-7,9-11,13-14,17-18,24H,1,4,8,12,15-16,19H2,2-3H3. The minimum Gasteiger partial charge on any atom is -0.303 e. The van der Waals surface area contributed by atoms with Crippen LogP contribution in [0.25, 0.3) is 16.6 Å². The van der Waals surface area contributed by atoms with Crippen molar-refractivity contribution >= 4 is 28.3 Å². The van der Waals surface area contributed by atoms with E-state index in [4.69, 9.17) is 0 Å². The first-order valence-electron chi connectivity index (χ1n) is 12.4. The maximum Gasteiger partial charge on any atom is 0.0886 e. The fraction of sp³-hybridized carbons (Fsp3) is 0.250. The molecule has 2 aromatic carbocycles. The lowest BCUT2D eigenvalue weighted by Crippen LogP contribution is -2.29. The first-order valence-corrected chi connectivity index (χ1v) is 13.2. The van der Waals surface area contributed by atoms with E-state index in [1.165, 1.54) is 55.6 Å². The molecule has 4 aliphatic rings. The zero-order chi connectivity index (χ0) is 23.4. The van der Waals surface area contributed by atoms with Crippen molar-refractivity contribution in [1.82, 2.24) is 4.90 Å². The van der Waals surface area contributed by atoms with Gasteiger partial charge in [0, 0.05) is 10.6 Å². The Morgan fingerprint density at radius 3 is 2.71 bits per heavy atom. The van der Waals surface area contributed by atoms with Crippen molar-refractivity contribution in [1.29, 1.82) is 0 Å². The highest BCUT2D eigenvalue weighted by Crippen LogP contribution is 2.58. The normalized spacial score (nSPS) is 19.7. The molecule has 1 fully saturated rings. The summed E-state index contributed by atoms with van der Waals surface area (Å²) in [6, 6.07) is 17.8. The van der Waals surface area contributed by atoms with E-state index in [1.54, 1.807) is 11.1 Å². The Morgan fingerprint density at radius 2 is 1.94 bits per heavy atom. The first-order chi connectivity index (χ1) is 16.5. The van der Waals surface area contributed by atoms with Crippen molar-refractivity contribution in [3.05, 3.63) is 122 Å². The molecule has 2 aromatic rings. The molecule has 1 nitrogen and oxygen atoms in total. The third-order valence-corrected chi connectivity index (χ3v) is 8.50. The lowest BCUT2D eigenvalue weighted by atomic mass is 9.87. The zero-order valence-electron chi connectivity index (χ0n) is 20.2. The molecule has 1 saturated carbocycles. The maximum absolute atomic E-state index is 4.55. The Bertz CT molecular complexity index is 1460. The second-order valence-corrected chi connectivity index (χ2v) is 11.0. The minimum atomic E-state index is 0.665. The number of allylic oxidation sites excluding steroid dienone is 4. The third kappa shape index (κ3) is 3.65. The number of benzene rings is 2. The van der Waals surface area contributed by atoms with Crippen molar-refractivity contribution in [2.45, 2.75) is 46.0 Å². The minimum absolute atomic E-state index is 0.665. The van der Waals surface area contributed by atoms with Crippen LogP contribution in [0.15, 0.2) is 101 Å². The summed E-state index contributed by atoms with van der Waals surface area (Å²) in [7, 11) is 0. The van der Waals surface area contributed by atoms with Crippen molar-refractivity contribution < 1.29 is 0 Å². The summed E-state index contributed by atoms with van der Waals surface area (Å²) in [5.74, 6) is 0.665. The average molecular weight is 462 g/mol. The zero-order valence-corrected chi connectivity index (χ0v) is 21.0. The topological polar surface area (TPSA) is 3.24 Å². The molecule has 6 rings (SSSR count). The number of aryl methyl sites for hydroxylation is 1. The largest absolute Gasteiger partial charge is 0.303 e. The number of nitrogens with zero attached hydrogens (tertiary/aromatic N) is 1. The van der Waals surface area contributed by atoms with Gasteiger partial charge in [-0.3, -0.25) is 0 Å². The monoisotopic (exact) mass is 461 g/mol. The maximum atomic E-state index is 4.55. The van der Waals surface area contributed by atoms with Gasteiger partial charge in [-0.1, -0.05) is 90.7 Å². The molecule has 0 unspecified atom stereocenters. The average Bonchev–Trinajstić information content (AvgIpc) is 3.57.